The molecule has 6 nitrogen and oxygen atoms in total. The van der Waals surface area contributed by atoms with Gasteiger partial charge in [-0.05, 0) is 25.5 Å². The van der Waals surface area contributed by atoms with E-state index in [9.17, 15) is 9.59 Å². The maximum absolute atomic E-state index is 12.9. The van der Waals surface area contributed by atoms with Crippen LogP contribution in [0, 0.1) is 0 Å². The molecule has 1 aromatic heterocycles. The topological polar surface area (TPSA) is 76.6 Å². The number of nitrogens with zero attached hydrogens (tertiary/aromatic N) is 2. The van der Waals surface area contributed by atoms with Crippen molar-refractivity contribution in [2.75, 3.05) is 19.7 Å². The van der Waals surface area contributed by atoms with Gasteiger partial charge in [0.1, 0.15) is 6.04 Å². The average molecular weight is 327 g/mol. The maximum Gasteiger partial charge on any atom is 0.246 e. The highest BCUT2D eigenvalue weighted by Crippen LogP contribution is 2.42. The summed E-state index contributed by atoms with van der Waals surface area (Å²) in [5, 5.41) is 10.3. The molecule has 0 spiro atoms. The highest BCUT2D eigenvalue weighted by atomic mass is 16.3. The van der Waals surface area contributed by atoms with E-state index in [-0.39, 0.29) is 31.5 Å². The molecular weight excluding hydrogens is 306 g/mol. The summed E-state index contributed by atoms with van der Waals surface area (Å²) in [6, 6.07) is 7.53. The predicted molar refractivity (Wildman–Crippen MR) is 89.3 cm³/mol. The van der Waals surface area contributed by atoms with E-state index in [1.54, 1.807) is 4.90 Å². The van der Waals surface area contributed by atoms with Crippen LogP contribution in [0.4, 0.5) is 0 Å². The first-order valence-corrected chi connectivity index (χ1v) is 8.27. The molecule has 2 amide bonds. The summed E-state index contributed by atoms with van der Waals surface area (Å²) < 4.78 is 0. The highest BCUT2D eigenvalue weighted by molar-refractivity contribution is 5.97. The zero-order valence-electron chi connectivity index (χ0n) is 13.9. The highest BCUT2D eigenvalue weighted by Gasteiger charge is 2.51. The summed E-state index contributed by atoms with van der Waals surface area (Å²) in [5.41, 5.74) is 2.58. The van der Waals surface area contributed by atoms with Crippen molar-refractivity contribution < 1.29 is 14.7 Å². The number of rotatable bonds is 2. The van der Waals surface area contributed by atoms with Crippen molar-refractivity contribution >= 4 is 22.7 Å². The van der Waals surface area contributed by atoms with Crippen molar-refractivity contribution in [3.05, 3.63) is 35.5 Å². The number of β-amino-alcohol motifs (C(OH)–C–C–N with tert-alkyl or cyclic N) is 1. The minimum atomic E-state index is -0.574. The van der Waals surface area contributed by atoms with E-state index < -0.39 is 11.6 Å². The third-order valence-electron chi connectivity index (χ3n) is 5.30. The first kappa shape index (κ1) is 15.2. The number of benzene rings is 1. The van der Waals surface area contributed by atoms with E-state index in [0.29, 0.717) is 6.42 Å². The molecule has 0 saturated carbocycles. The normalized spacial score (nSPS) is 22.7. The number of fused-ring (bicyclic) bond motifs is 4. The Labute approximate surface area is 140 Å². The Morgan fingerprint density at radius 2 is 2.04 bits per heavy atom. The third kappa shape index (κ3) is 1.92. The van der Waals surface area contributed by atoms with Gasteiger partial charge < -0.3 is 19.9 Å². The van der Waals surface area contributed by atoms with Gasteiger partial charge in [-0.25, -0.2) is 0 Å². The Morgan fingerprint density at radius 3 is 2.79 bits per heavy atom. The van der Waals surface area contributed by atoms with Crippen LogP contribution >= 0.6 is 0 Å². The van der Waals surface area contributed by atoms with Crippen molar-refractivity contribution in [1.82, 2.24) is 14.8 Å². The van der Waals surface area contributed by atoms with Gasteiger partial charge in [0.25, 0.3) is 0 Å². The second-order valence-electron chi connectivity index (χ2n) is 7.05. The predicted octanol–water partition coefficient (Wildman–Crippen LogP) is 0.991. The molecule has 3 heterocycles. The number of H-pyrrole nitrogens is 1. The zero-order valence-corrected chi connectivity index (χ0v) is 13.9. The van der Waals surface area contributed by atoms with Crippen LogP contribution in [-0.2, 0) is 21.5 Å². The monoisotopic (exact) mass is 327 g/mol. The van der Waals surface area contributed by atoms with Gasteiger partial charge in [-0.1, -0.05) is 18.2 Å². The van der Waals surface area contributed by atoms with E-state index >= 15 is 0 Å². The minimum Gasteiger partial charge on any atom is -0.395 e. The third-order valence-corrected chi connectivity index (χ3v) is 5.30. The molecule has 1 atom stereocenters. The number of nitrogens with one attached hydrogen (secondary N) is 1. The van der Waals surface area contributed by atoms with Gasteiger partial charge in [0.15, 0.2) is 0 Å². The summed E-state index contributed by atoms with van der Waals surface area (Å²) in [6.07, 6.45) is 0.509. The number of aliphatic hydroxyl groups is 1. The molecule has 1 fully saturated rings. The quantitative estimate of drug-likeness (QED) is 0.864. The van der Waals surface area contributed by atoms with Crippen LogP contribution in [0.5, 0.6) is 0 Å². The number of hydrogen-bond acceptors (Lipinski definition) is 3. The van der Waals surface area contributed by atoms with Crippen molar-refractivity contribution in [3.8, 4) is 0 Å². The lowest BCUT2D eigenvalue weighted by Crippen LogP contribution is -2.67. The van der Waals surface area contributed by atoms with Crippen LogP contribution in [0.3, 0.4) is 0 Å². The smallest absolute Gasteiger partial charge is 0.246 e. The summed E-state index contributed by atoms with van der Waals surface area (Å²) in [4.78, 5) is 32.2. The molecule has 24 heavy (non-hydrogen) atoms. The summed E-state index contributed by atoms with van der Waals surface area (Å²) in [7, 11) is 0. The Balaban J connectivity index is 1.86. The van der Waals surface area contributed by atoms with Crippen LogP contribution < -0.4 is 0 Å². The first-order chi connectivity index (χ1) is 11.4. The number of piperazine rings is 1. The Hall–Kier alpha value is -2.34. The number of carbonyl (C=O) groups is 2. The largest absolute Gasteiger partial charge is 0.395 e. The standard InChI is InChI=1S/C18H21N3O3/c1-18(2)16-12(11-5-3-4-6-13(11)19-16)9-14-17(24)20(7-8-22)10-15(23)21(14)18/h3-6,14,19,22H,7-10H2,1-2H3. The van der Waals surface area contributed by atoms with Gasteiger partial charge in [-0.2, -0.15) is 0 Å². The number of para-hydroxylation sites is 1. The van der Waals surface area contributed by atoms with Gasteiger partial charge in [0, 0.05) is 29.6 Å². The molecule has 2 aliphatic heterocycles. The van der Waals surface area contributed by atoms with Crippen LogP contribution in [0.1, 0.15) is 25.1 Å². The van der Waals surface area contributed by atoms with Gasteiger partial charge >= 0.3 is 0 Å². The molecule has 6 heteroatoms. The van der Waals surface area contributed by atoms with Crippen LogP contribution in [0.25, 0.3) is 10.9 Å². The fourth-order valence-electron chi connectivity index (χ4n) is 4.25. The molecule has 0 aliphatic carbocycles. The maximum atomic E-state index is 12.9. The van der Waals surface area contributed by atoms with Gasteiger partial charge in [-0.3, -0.25) is 9.59 Å². The molecule has 2 aliphatic rings. The fourth-order valence-corrected chi connectivity index (χ4v) is 4.25. The molecule has 126 valence electrons. The SMILES string of the molecule is CC1(C)c2[nH]c3ccccc3c2CC2C(=O)N(CCO)CC(=O)N21. The summed E-state index contributed by atoms with van der Waals surface area (Å²) in [6.45, 7) is 4.08. The van der Waals surface area contributed by atoms with E-state index in [2.05, 4.69) is 11.1 Å². The molecule has 2 N–H and O–H groups in total. The van der Waals surface area contributed by atoms with E-state index in [1.807, 2.05) is 32.0 Å². The van der Waals surface area contributed by atoms with Gasteiger partial charge in [0.05, 0.1) is 18.7 Å². The summed E-state index contributed by atoms with van der Waals surface area (Å²) >= 11 is 0. The molecular formula is C18H21N3O3. The Bertz CT molecular complexity index is 839. The molecule has 2 aromatic rings. The number of hydrogen-bond donors (Lipinski definition) is 2. The van der Waals surface area contributed by atoms with Crippen LogP contribution in [0.15, 0.2) is 24.3 Å². The van der Waals surface area contributed by atoms with Crippen molar-refractivity contribution in [3.63, 3.8) is 0 Å². The molecule has 0 radical (unpaired) electrons. The van der Waals surface area contributed by atoms with Crippen molar-refractivity contribution in [2.45, 2.75) is 31.8 Å². The first-order valence-electron chi connectivity index (χ1n) is 8.27. The van der Waals surface area contributed by atoms with Crippen molar-refractivity contribution in [2.24, 2.45) is 0 Å². The summed E-state index contributed by atoms with van der Waals surface area (Å²) in [5.74, 6) is -0.144. The van der Waals surface area contributed by atoms with E-state index in [1.165, 1.54) is 4.90 Å². The zero-order chi connectivity index (χ0) is 17.1. The van der Waals surface area contributed by atoms with Crippen molar-refractivity contribution in [1.29, 1.82) is 0 Å². The average Bonchev–Trinajstić information content (AvgIpc) is 2.92. The fraction of sp³-hybridized carbons (Fsp3) is 0.444. The number of carbonyl (C=O) groups excluding carboxylic acids is 2. The molecule has 0 bridgehead atoms. The lowest BCUT2D eigenvalue weighted by molar-refractivity contribution is -0.164. The molecule has 1 saturated heterocycles. The Kier molecular flexibility index (Phi) is 3.22. The number of aromatic amines is 1. The van der Waals surface area contributed by atoms with Gasteiger partial charge in [0.2, 0.25) is 11.8 Å². The van der Waals surface area contributed by atoms with Crippen LogP contribution in [-0.4, -0.2) is 57.4 Å². The number of aromatic nitrogens is 1. The molecule has 4 rings (SSSR count). The number of amides is 2. The molecule has 1 unspecified atom stereocenters. The van der Waals surface area contributed by atoms with Gasteiger partial charge in [-0.15, -0.1) is 0 Å². The second kappa shape index (κ2) is 5.08. The molecule has 1 aromatic carbocycles. The van der Waals surface area contributed by atoms with Crippen LogP contribution in [0.2, 0.25) is 0 Å². The Morgan fingerprint density at radius 1 is 1.29 bits per heavy atom. The van der Waals surface area contributed by atoms with E-state index in [0.717, 1.165) is 22.2 Å². The van der Waals surface area contributed by atoms with E-state index in [4.69, 9.17) is 5.11 Å². The lowest BCUT2D eigenvalue weighted by Gasteiger charge is -2.51. The minimum absolute atomic E-state index is 0.0366. The second-order valence-corrected chi connectivity index (χ2v) is 7.05. The lowest BCUT2D eigenvalue weighted by atomic mass is 9.82. The number of aliphatic hydroxyl groups excluding tert-OH is 1.